The van der Waals surface area contributed by atoms with E-state index in [0.717, 1.165) is 32.0 Å². The molecule has 0 unspecified atom stereocenters. The Hall–Kier alpha value is -1.45. The Labute approximate surface area is 97.8 Å². The van der Waals surface area contributed by atoms with Crippen LogP contribution in [0.1, 0.15) is 25.8 Å². The number of guanidine groups is 1. The van der Waals surface area contributed by atoms with Crippen LogP contribution in [-0.2, 0) is 13.6 Å². The van der Waals surface area contributed by atoms with Gasteiger partial charge in [-0.25, -0.2) is 4.99 Å². The Bertz CT molecular complexity index is 328. The van der Waals surface area contributed by atoms with Crippen LogP contribution in [0.15, 0.2) is 23.5 Å². The molecule has 0 aliphatic heterocycles. The molecule has 0 spiro atoms. The molecule has 1 aromatic rings. The minimum atomic E-state index is 0.722. The van der Waals surface area contributed by atoms with Crippen molar-refractivity contribution in [2.24, 2.45) is 12.0 Å². The lowest BCUT2D eigenvalue weighted by Crippen LogP contribution is -2.37. The van der Waals surface area contributed by atoms with Gasteiger partial charge in [-0.2, -0.15) is 0 Å². The SMILES string of the molecule is CCCNC(=NCc1ccn(C)c1)NCC. The molecule has 2 N–H and O–H groups in total. The van der Waals surface area contributed by atoms with Gasteiger partial charge in [0.05, 0.1) is 6.54 Å². The van der Waals surface area contributed by atoms with E-state index in [1.165, 1.54) is 5.56 Å². The third-order valence-corrected chi connectivity index (χ3v) is 2.20. The predicted octanol–water partition coefficient (Wildman–Crippen LogP) is 1.49. The van der Waals surface area contributed by atoms with Crippen molar-refractivity contribution < 1.29 is 0 Å². The van der Waals surface area contributed by atoms with E-state index in [1.54, 1.807) is 0 Å². The molecule has 1 rings (SSSR count). The molecule has 0 aromatic carbocycles. The predicted molar refractivity (Wildman–Crippen MR) is 68.5 cm³/mol. The fraction of sp³-hybridized carbons (Fsp3) is 0.583. The lowest BCUT2D eigenvalue weighted by molar-refractivity contribution is 0.785. The number of hydrogen-bond acceptors (Lipinski definition) is 1. The van der Waals surface area contributed by atoms with Gasteiger partial charge in [0.2, 0.25) is 0 Å². The highest BCUT2D eigenvalue weighted by molar-refractivity contribution is 5.79. The Balaban J connectivity index is 2.49. The zero-order valence-electron chi connectivity index (χ0n) is 10.5. The summed E-state index contributed by atoms with van der Waals surface area (Å²) in [6, 6.07) is 2.09. The third-order valence-electron chi connectivity index (χ3n) is 2.20. The molecule has 0 atom stereocenters. The Morgan fingerprint density at radius 1 is 1.38 bits per heavy atom. The Kier molecular flexibility index (Phi) is 5.46. The molecule has 16 heavy (non-hydrogen) atoms. The summed E-state index contributed by atoms with van der Waals surface area (Å²) in [4.78, 5) is 4.52. The summed E-state index contributed by atoms with van der Waals surface area (Å²) in [7, 11) is 2.02. The molecule has 0 aliphatic rings. The summed E-state index contributed by atoms with van der Waals surface area (Å²) in [6.45, 7) is 6.80. The lowest BCUT2D eigenvalue weighted by Gasteiger charge is -2.09. The number of aryl methyl sites for hydroxylation is 1. The van der Waals surface area contributed by atoms with Gasteiger partial charge in [0.1, 0.15) is 0 Å². The number of aliphatic imine (C=N–C) groups is 1. The van der Waals surface area contributed by atoms with Gasteiger partial charge in [0.25, 0.3) is 0 Å². The van der Waals surface area contributed by atoms with Crippen molar-refractivity contribution in [2.45, 2.75) is 26.8 Å². The minimum Gasteiger partial charge on any atom is -0.357 e. The van der Waals surface area contributed by atoms with E-state index < -0.39 is 0 Å². The van der Waals surface area contributed by atoms with Crippen LogP contribution in [0, 0.1) is 0 Å². The number of hydrogen-bond donors (Lipinski definition) is 2. The van der Waals surface area contributed by atoms with E-state index in [1.807, 2.05) is 17.8 Å². The van der Waals surface area contributed by atoms with Crippen LogP contribution in [0.4, 0.5) is 0 Å². The van der Waals surface area contributed by atoms with Crippen molar-refractivity contribution in [1.29, 1.82) is 0 Å². The quantitative estimate of drug-likeness (QED) is 0.585. The number of aromatic nitrogens is 1. The van der Waals surface area contributed by atoms with Crippen molar-refractivity contribution in [1.82, 2.24) is 15.2 Å². The van der Waals surface area contributed by atoms with Crippen LogP contribution in [0.2, 0.25) is 0 Å². The van der Waals surface area contributed by atoms with Gasteiger partial charge < -0.3 is 15.2 Å². The van der Waals surface area contributed by atoms with Crippen LogP contribution in [0.25, 0.3) is 0 Å². The maximum atomic E-state index is 4.52. The molecule has 4 nitrogen and oxygen atoms in total. The van der Waals surface area contributed by atoms with Crippen LogP contribution in [0.5, 0.6) is 0 Å². The fourth-order valence-corrected chi connectivity index (χ4v) is 1.41. The van der Waals surface area contributed by atoms with Gasteiger partial charge in [-0.1, -0.05) is 6.92 Å². The van der Waals surface area contributed by atoms with Crippen LogP contribution in [0.3, 0.4) is 0 Å². The first-order valence-electron chi connectivity index (χ1n) is 5.89. The smallest absolute Gasteiger partial charge is 0.191 e. The normalized spacial score (nSPS) is 11.6. The van der Waals surface area contributed by atoms with Gasteiger partial charge in [-0.3, -0.25) is 0 Å². The highest BCUT2D eigenvalue weighted by atomic mass is 15.2. The molecule has 1 heterocycles. The topological polar surface area (TPSA) is 41.4 Å². The van der Waals surface area contributed by atoms with E-state index in [0.29, 0.717) is 0 Å². The Morgan fingerprint density at radius 3 is 2.75 bits per heavy atom. The first-order chi connectivity index (χ1) is 7.76. The maximum Gasteiger partial charge on any atom is 0.191 e. The zero-order valence-corrected chi connectivity index (χ0v) is 10.5. The molecule has 0 saturated carbocycles. The molecule has 0 saturated heterocycles. The van der Waals surface area contributed by atoms with Crippen molar-refractivity contribution in [2.75, 3.05) is 13.1 Å². The second kappa shape index (κ2) is 6.93. The zero-order chi connectivity index (χ0) is 11.8. The molecular formula is C12H22N4. The van der Waals surface area contributed by atoms with Crippen LogP contribution >= 0.6 is 0 Å². The van der Waals surface area contributed by atoms with E-state index in [2.05, 4.69) is 41.7 Å². The highest BCUT2D eigenvalue weighted by Gasteiger charge is 1.96. The fourth-order valence-electron chi connectivity index (χ4n) is 1.41. The summed E-state index contributed by atoms with van der Waals surface area (Å²) >= 11 is 0. The molecule has 0 radical (unpaired) electrons. The third kappa shape index (κ3) is 4.38. The minimum absolute atomic E-state index is 0.722. The maximum absolute atomic E-state index is 4.52. The van der Waals surface area contributed by atoms with Gasteiger partial charge in [-0.15, -0.1) is 0 Å². The van der Waals surface area contributed by atoms with E-state index >= 15 is 0 Å². The first-order valence-corrected chi connectivity index (χ1v) is 5.89. The molecule has 0 aliphatic carbocycles. The van der Waals surface area contributed by atoms with Gasteiger partial charge >= 0.3 is 0 Å². The molecular weight excluding hydrogens is 200 g/mol. The van der Waals surface area contributed by atoms with Crippen molar-refractivity contribution >= 4 is 5.96 Å². The standard InChI is InChI=1S/C12H22N4/c1-4-7-14-12(13-5-2)15-9-11-6-8-16(3)10-11/h6,8,10H,4-5,7,9H2,1-3H3,(H2,13,14,15). The second-order valence-corrected chi connectivity index (χ2v) is 3.81. The number of nitrogens with one attached hydrogen (secondary N) is 2. The highest BCUT2D eigenvalue weighted by Crippen LogP contribution is 2.00. The summed E-state index contributed by atoms with van der Waals surface area (Å²) in [5.41, 5.74) is 1.23. The molecule has 1 aromatic heterocycles. The van der Waals surface area contributed by atoms with Crippen molar-refractivity contribution in [3.63, 3.8) is 0 Å². The Morgan fingerprint density at radius 2 is 2.19 bits per heavy atom. The average Bonchev–Trinajstić information content (AvgIpc) is 2.68. The summed E-state index contributed by atoms with van der Waals surface area (Å²) in [6.07, 6.45) is 5.24. The summed E-state index contributed by atoms with van der Waals surface area (Å²) in [5, 5.41) is 6.51. The van der Waals surface area contributed by atoms with Crippen molar-refractivity contribution in [3.8, 4) is 0 Å². The van der Waals surface area contributed by atoms with Crippen LogP contribution < -0.4 is 10.6 Å². The van der Waals surface area contributed by atoms with E-state index in [4.69, 9.17) is 0 Å². The van der Waals surface area contributed by atoms with Crippen LogP contribution in [-0.4, -0.2) is 23.6 Å². The summed E-state index contributed by atoms with van der Waals surface area (Å²) in [5.74, 6) is 0.896. The van der Waals surface area contributed by atoms with Gasteiger partial charge in [0, 0.05) is 32.5 Å². The monoisotopic (exact) mass is 222 g/mol. The molecule has 0 fully saturated rings. The first kappa shape index (κ1) is 12.6. The van der Waals surface area contributed by atoms with Gasteiger partial charge in [-0.05, 0) is 25.0 Å². The summed E-state index contributed by atoms with van der Waals surface area (Å²) < 4.78 is 2.04. The second-order valence-electron chi connectivity index (χ2n) is 3.81. The lowest BCUT2D eigenvalue weighted by atomic mass is 10.3. The number of rotatable bonds is 5. The number of nitrogens with zero attached hydrogens (tertiary/aromatic N) is 2. The molecule has 90 valence electrons. The van der Waals surface area contributed by atoms with E-state index in [9.17, 15) is 0 Å². The van der Waals surface area contributed by atoms with Crippen molar-refractivity contribution in [3.05, 3.63) is 24.0 Å². The molecule has 0 amide bonds. The van der Waals surface area contributed by atoms with E-state index in [-0.39, 0.29) is 0 Å². The largest absolute Gasteiger partial charge is 0.357 e. The average molecular weight is 222 g/mol. The molecule has 0 bridgehead atoms. The molecule has 4 heteroatoms. The van der Waals surface area contributed by atoms with Gasteiger partial charge in [0.15, 0.2) is 5.96 Å².